The molecule has 1 unspecified atom stereocenters. The van der Waals surface area contributed by atoms with E-state index in [1.165, 1.54) is 11.1 Å². The third-order valence-electron chi connectivity index (χ3n) is 3.29. The van der Waals surface area contributed by atoms with Crippen LogP contribution in [0.1, 0.15) is 42.0 Å². The first-order valence-electron chi connectivity index (χ1n) is 6.78. The number of imidazole rings is 1. The zero-order valence-electron chi connectivity index (χ0n) is 12.1. The molecule has 0 aliphatic carbocycles. The fourth-order valence-corrected chi connectivity index (χ4v) is 2.43. The van der Waals surface area contributed by atoms with Crippen molar-refractivity contribution in [3.63, 3.8) is 0 Å². The van der Waals surface area contributed by atoms with Gasteiger partial charge in [0, 0.05) is 25.1 Å². The number of nitrogens with one attached hydrogen (secondary N) is 1. The lowest BCUT2D eigenvalue weighted by molar-refractivity contribution is 0.557. The minimum Gasteiger partial charge on any atom is -0.333 e. The highest BCUT2D eigenvalue weighted by Gasteiger charge is 2.20. The summed E-state index contributed by atoms with van der Waals surface area (Å²) in [5.41, 5.74) is 3.44. The summed E-state index contributed by atoms with van der Waals surface area (Å²) in [6, 6.07) is 2.21. The summed E-state index contributed by atoms with van der Waals surface area (Å²) in [5.74, 6) is 1.03. The first-order chi connectivity index (χ1) is 9.17. The molecular weight excluding hydrogens is 236 g/mol. The van der Waals surface area contributed by atoms with Crippen molar-refractivity contribution in [3.8, 4) is 0 Å². The highest BCUT2D eigenvalue weighted by molar-refractivity contribution is 5.29. The number of aryl methyl sites for hydroxylation is 3. The molecule has 2 aromatic heterocycles. The minimum absolute atomic E-state index is 0.0437. The number of aromatic nitrogens is 3. The molecule has 0 fully saturated rings. The number of nitrogens with zero attached hydrogens (tertiary/aromatic N) is 3. The Labute approximate surface area is 114 Å². The van der Waals surface area contributed by atoms with Crippen molar-refractivity contribution < 1.29 is 0 Å². The number of rotatable bonds is 5. The van der Waals surface area contributed by atoms with Crippen LogP contribution >= 0.6 is 0 Å². The Balaban J connectivity index is 2.41. The molecule has 0 aliphatic rings. The van der Waals surface area contributed by atoms with E-state index in [4.69, 9.17) is 0 Å². The molecule has 0 aromatic carbocycles. The van der Waals surface area contributed by atoms with Crippen molar-refractivity contribution in [1.29, 1.82) is 0 Å². The highest BCUT2D eigenvalue weighted by atomic mass is 15.1. The predicted octanol–water partition coefficient (Wildman–Crippen LogP) is 2.61. The van der Waals surface area contributed by atoms with Crippen molar-refractivity contribution in [1.82, 2.24) is 19.9 Å². The van der Waals surface area contributed by atoms with Crippen LogP contribution in [0.2, 0.25) is 0 Å². The van der Waals surface area contributed by atoms with Crippen LogP contribution in [0.4, 0.5) is 0 Å². The standard InChI is InChI=1S/C15H22N4/c1-5-7-19-8-6-17-15(19)14(16-4)13-12(3)9-11(2)10-18-13/h6,8-10,14,16H,5,7H2,1-4H3. The molecule has 0 spiro atoms. The largest absolute Gasteiger partial charge is 0.333 e. The fourth-order valence-electron chi connectivity index (χ4n) is 2.43. The Bertz CT molecular complexity index is 545. The lowest BCUT2D eigenvalue weighted by Crippen LogP contribution is -2.24. The van der Waals surface area contributed by atoms with Gasteiger partial charge in [0.25, 0.3) is 0 Å². The molecule has 1 atom stereocenters. The van der Waals surface area contributed by atoms with Gasteiger partial charge in [0.2, 0.25) is 0 Å². The Hall–Kier alpha value is -1.68. The monoisotopic (exact) mass is 258 g/mol. The van der Waals surface area contributed by atoms with Gasteiger partial charge in [0.05, 0.1) is 5.69 Å². The van der Waals surface area contributed by atoms with Gasteiger partial charge in [-0.15, -0.1) is 0 Å². The normalized spacial score (nSPS) is 12.6. The summed E-state index contributed by atoms with van der Waals surface area (Å²) in [4.78, 5) is 9.10. The van der Waals surface area contributed by atoms with Crippen molar-refractivity contribution in [2.24, 2.45) is 0 Å². The van der Waals surface area contributed by atoms with Crippen LogP contribution in [0.25, 0.3) is 0 Å². The third-order valence-corrected chi connectivity index (χ3v) is 3.29. The van der Waals surface area contributed by atoms with E-state index in [2.05, 4.69) is 46.7 Å². The minimum atomic E-state index is 0.0437. The zero-order chi connectivity index (χ0) is 13.8. The quantitative estimate of drug-likeness (QED) is 0.896. The van der Waals surface area contributed by atoms with Crippen LogP contribution in [0.15, 0.2) is 24.7 Å². The van der Waals surface area contributed by atoms with Gasteiger partial charge in [0.15, 0.2) is 0 Å². The van der Waals surface area contributed by atoms with Gasteiger partial charge in [-0.1, -0.05) is 13.0 Å². The van der Waals surface area contributed by atoms with Gasteiger partial charge in [-0.25, -0.2) is 4.98 Å². The third kappa shape index (κ3) is 2.84. The van der Waals surface area contributed by atoms with Crippen LogP contribution in [-0.4, -0.2) is 21.6 Å². The summed E-state index contributed by atoms with van der Waals surface area (Å²) in [5, 5.41) is 3.33. The molecule has 102 valence electrons. The summed E-state index contributed by atoms with van der Waals surface area (Å²) in [6.07, 6.45) is 6.91. The van der Waals surface area contributed by atoms with Crippen molar-refractivity contribution in [2.75, 3.05) is 7.05 Å². The maximum Gasteiger partial charge on any atom is 0.132 e. The lowest BCUT2D eigenvalue weighted by atomic mass is 10.1. The molecule has 0 radical (unpaired) electrons. The first-order valence-corrected chi connectivity index (χ1v) is 6.78. The maximum atomic E-state index is 4.59. The van der Waals surface area contributed by atoms with Crippen molar-refractivity contribution in [3.05, 3.63) is 47.3 Å². The lowest BCUT2D eigenvalue weighted by Gasteiger charge is -2.19. The van der Waals surface area contributed by atoms with Gasteiger partial charge in [-0.05, 0) is 38.4 Å². The number of hydrogen-bond donors (Lipinski definition) is 1. The van der Waals surface area contributed by atoms with Crippen LogP contribution in [0, 0.1) is 13.8 Å². The molecule has 0 amide bonds. The van der Waals surface area contributed by atoms with E-state index in [0.717, 1.165) is 24.5 Å². The van der Waals surface area contributed by atoms with Crippen molar-refractivity contribution in [2.45, 2.75) is 39.8 Å². The van der Waals surface area contributed by atoms with E-state index in [1.54, 1.807) is 0 Å². The van der Waals surface area contributed by atoms with Gasteiger partial charge in [-0.2, -0.15) is 0 Å². The van der Waals surface area contributed by atoms with E-state index in [9.17, 15) is 0 Å². The molecule has 1 N–H and O–H groups in total. The Morgan fingerprint density at radius 3 is 2.74 bits per heavy atom. The second-order valence-electron chi connectivity index (χ2n) is 4.92. The van der Waals surface area contributed by atoms with E-state index in [-0.39, 0.29) is 6.04 Å². The maximum absolute atomic E-state index is 4.59. The second-order valence-corrected chi connectivity index (χ2v) is 4.92. The van der Waals surface area contributed by atoms with Crippen LogP contribution in [-0.2, 0) is 6.54 Å². The van der Waals surface area contributed by atoms with Crippen LogP contribution in [0.5, 0.6) is 0 Å². The first kappa shape index (κ1) is 13.7. The predicted molar refractivity (Wildman–Crippen MR) is 77.1 cm³/mol. The van der Waals surface area contributed by atoms with Crippen LogP contribution < -0.4 is 5.32 Å². The van der Waals surface area contributed by atoms with Crippen LogP contribution in [0.3, 0.4) is 0 Å². The molecule has 19 heavy (non-hydrogen) atoms. The smallest absolute Gasteiger partial charge is 0.132 e. The topological polar surface area (TPSA) is 42.7 Å². The molecular formula is C15H22N4. The average molecular weight is 258 g/mol. The Kier molecular flexibility index (Phi) is 4.32. The SMILES string of the molecule is CCCn1ccnc1C(NC)c1ncc(C)cc1C. The van der Waals surface area contributed by atoms with E-state index in [1.807, 2.05) is 25.6 Å². The molecule has 2 rings (SSSR count). The number of pyridine rings is 1. The summed E-state index contributed by atoms with van der Waals surface area (Å²) >= 11 is 0. The molecule has 2 heterocycles. The Morgan fingerprint density at radius 1 is 1.32 bits per heavy atom. The fraction of sp³-hybridized carbons (Fsp3) is 0.467. The van der Waals surface area contributed by atoms with E-state index in [0.29, 0.717) is 0 Å². The molecule has 4 heteroatoms. The van der Waals surface area contributed by atoms with E-state index >= 15 is 0 Å². The second kappa shape index (κ2) is 5.97. The molecule has 4 nitrogen and oxygen atoms in total. The molecule has 0 aliphatic heterocycles. The van der Waals surface area contributed by atoms with Crippen molar-refractivity contribution >= 4 is 0 Å². The summed E-state index contributed by atoms with van der Waals surface area (Å²) in [7, 11) is 1.95. The van der Waals surface area contributed by atoms with Gasteiger partial charge < -0.3 is 9.88 Å². The van der Waals surface area contributed by atoms with Gasteiger partial charge in [0.1, 0.15) is 11.9 Å². The average Bonchev–Trinajstić information content (AvgIpc) is 2.82. The molecule has 2 aromatic rings. The van der Waals surface area contributed by atoms with Gasteiger partial charge >= 0.3 is 0 Å². The molecule has 0 saturated carbocycles. The molecule has 0 bridgehead atoms. The zero-order valence-corrected chi connectivity index (χ0v) is 12.1. The summed E-state index contributed by atoms with van der Waals surface area (Å²) < 4.78 is 2.20. The Morgan fingerprint density at radius 2 is 2.11 bits per heavy atom. The number of hydrogen-bond acceptors (Lipinski definition) is 3. The van der Waals surface area contributed by atoms with E-state index < -0.39 is 0 Å². The highest BCUT2D eigenvalue weighted by Crippen LogP contribution is 2.22. The summed E-state index contributed by atoms with van der Waals surface area (Å²) in [6.45, 7) is 7.33. The van der Waals surface area contributed by atoms with Gasteiger partial charge in [-0.3, -0.25) is 4.98 Å². The molecule has 0 saturated heterocycles.